The molecule has 3 nitrogen and oxygen atoms in total. The van der Waals surface area contributed by atoms with Gasteiger partial charge in [-0.2, -0.15) is 0 Å². The molecule has 0 spiro atoms. The minimum atomic E-state index is 0.220. The van der Waals surface area contributed by atoms with E-state index in [0.717, 1.165) is 45.3 Å². The number of nitrogens with one attached hydrogen (secondary N) is 1. The standard InChI is InChI=1S/C21H30N2O/c24-21(16-19-10-5-2-6-11-19)22-20-12-7-14-23(17-20)15-13-18-8-3-1-4-9-18/h1,3-4,8-10,20H,2,5-7,11-17H2,(H,22,24)/t20-/m1/s1. The first kappa shape index (κ1) is 17.2. The van der Waals surface area contributed by atoms with Gasteiger partial charge in [0.05, 0.1) is 0 Å². The first-order valence-corrected chi connectivity index (χ1v) is 9.53. The molecule has 3 heteroatoms. The second-order valence-electron chi connectivity index (χ2n) is 7.23. The third-order valence-electron chi connectivity index (χ3n) is 5.20. The van der Waals surface area contributed by atoms with Crippen molar-refractivity contribution in [1.29, 1.82) is 0 Å². The molecule has 1 N–H and O–H groups in total. The summed E-state index contributed by atoms with van der Waals surface area (Å²) in [5, 5.41) is 3.27. The Hall–Kier alpha value is -1.61. The maximum absolute atomic E-state index is 12.3. The van der Waals surface area contributed by atoms with Crippen molar-refractivity contribution in [2.45, 2.75) is 57.4 Å². The van der Waals surface area contributed by atoms with E-state index in [-0.39, 0.29) is 5.91 Å². The van der Waals surface area contributed by atoms with Gasteiger partial charge in [-0.3, -0.25) is 4.79 Å². The summed E-state index contributed by atoms with van der Waals surface area (Å²) in [5.41, 5.74) is 2.74. The fourth-order valence-corrected chi connectivity index (χ4v) is 3.86. The molecule has 24 heavy (non-hydrogen) atoms. The highest BCUT2D eigenvalue weighted by molar-refractivity contribution is 5.78. The van der Waals surface area contributed by atoms with Crippen LogP contribution in [0.5, 0.6) is 0 Å². The van der Waals surface area contributed by atoms with E-state index in [0.29, 0.717) is 12.5 Å². The topological polar surface area (TPSA) is 32.3 Å². The van der Waals surface area contributed by atoms with Crippen LogP contribution in [0.4, 0.5) is 0 Å². The lowest BCUT2D eigenvalue weighted by Gasteiger charge is -2.33. The van der Waals surface area contributed by atoms with Crippen molar-refractivity contribution >= 4 is 5.91 Å². The van der Waals surface area contributed by atoms with E-state index in [1.54, 1.807) is 0 Å². The number of carbonyl (C=O) groups excluding carboxylic acids is 1. The average molecular weight is 326 g/mol. The van der Waals surface area contributed by atoms with Gasteiger partial charge >= 0.3 is 0 Å². The van der Waals surface area contributed by atoms with E-state index in [2.05, 4.69) is 46.6 Å². The van der Waals surface area contributed by atoms with E-state index in [4.69, 9.17) is 0 Å². The number of hydrogen-bond acceptors (Lipinski definition) is 2. The van der Waals surface area contributed by atoms with Crippen LogP contribution in [0.2, 0.25) is 0 Å². The number of amides is 1. The van der Waals surface area contributed by atoms with Crippen molar-refractivity contribution in [3.05, 3.63) is 47.5 Å². The average Bonchev–Trinajstić information content (AvgIpc) is 2.62. The summed E-state index contributed by atoms with van der Waals surface area (Å²) in [5.74, 6) is 0.220. The Balaban J connectivity index is 1.41. The van der Waals surface area contributed by atoms with Crippen LogP contribution in [0.1, 0.15) is 50.5 Å². The van der Waals surface area contributed by atoms with Crippen LogP contribution in [-0.4, -0.2) is 36.5 Å². The number of nitrogens with zero attached hydrogens (tertiary/aromatic N) is 1. The number of likely N-dealkylation sites (tertiary alicyclic amines) is 1. The van der Waals surface area contributed by atoms with Crippen LogP contribution in [0.3, 0.4) is 0 Å². The molecule has 1 amide bonds. The number of benzene rings is 1. The molecule has 1 aliphatic heterocycles. The summed E-state index contributed by atoms with van der Waals surface area (Å²) >= 11 is 0. The van der Waals surface area contributed by atoms with Gasteiger partial charge < -0.3 is 10.2 Å². The first-order valence-electron chi connectivity index (χ1n) is 9.53. The highest BCUT2D eigenvalue weighted by Gasteiger charge is 2.21. The van der Waals surface area contributed by atoms with Gasteiger partial charge in [0.1, 0.15) is 0 Å². The molecule has 130 valence electrons. The molecule has 1 atom stereocenters. The maximum atomic E-state index is 12.3. The van der Waals surface area contributed by atoms with Crippen molar-refractivity contribution in [2.24, 2.45) is 0 Å². The predicted molar refractivity (Wildman–Crippen MR) is 98.9 cm³/mol. The zero-order valence-corrected chi connectivity index (χ0v) is 14.7. The fourth-order valence-electron chi connectivity index (χ4n) is 3.86. The van der Waals surface area contributed by atoms with Gasteiger partial charge in [0.25, 0.3) is 0 Å². The van der Waals surface area contributed by atoms with Gasteiger partial charge in [-0.25, -0.2) is 0 Å². The minimum Gasteiger partial charge on any atom is -0.352 e. The molecule has 1 saturated heterocycles. The molecule has 0 unspecified atom stereocenters. The first-order chi connectivity index (χ1) is 11.8. The normalized spacial score (nSPS) is 22.0. The summed E-state index contributed by atoms with van der Waals surface area (Å²) in [6.45, 7) is 3.24. The van der Waals surface area contributed by atoms with E-state index >= 15 is 0 Å². The zero-order valence-electron chi connectivity index (χ0n) is 14.7. The van der Waals surface area contributed by atoms with Crippen molar-refractivity contribution in [3.8, 4) is 0 Å². The SMILES string of the molecule is O=C(CC1=CCCCC1)N[C@@H]1CCCN(CCc2ccccc2)C1. The Bertz CT molecular complexity index is 552. The molecule has 1 fully saturated rings. The van der Waals surface area contributed by atoms with Crippen LogP contribution < -0.4 is 5.32 Å². The Kier molecular flexibility index (Phi) is 6.48. The van der Waals surface area contributed by atoms with Crippen LogP contribution in [0.15, 0.2) is 42.0 Å². The molecule has 1 heterocycles. The Labute approximate surface area is 146 Å². The molecule has 0 aromatic heterocycles. The Morgan fingerprint density at radius 1 is 1.17 bits per heavy atom. The molecular formula is C21H30N2O. The van der Waals surface area contributed by atoms with Crippen molar-refractivity contribution in [1.82, 2.24) is 10.2 Å². The Morgan fingerprint density at radius 3 is 2.83 bits per heavy atom. The van der Waals surface area contributed by atoms with Gasteiger partial charge in [-0.15, -0.1) is 0 Å². The van der Waals surface area contributed by atoms with Crippen molar-refractivity contribution < 1.29 is 4.79 Å². The van der Waals surface area contributed by atoms with E-state index in [1.807, 2.05) is 0 Å². The minimum absolute atomic E-state index is 0.220. The Morgan fingerprint density at radius 2 is 2.04 bits per heavy atom. The van der Waals surface area contributed by atoms with Gasteiger partial charge in [-0.05, 0) is 57.1 Å². The largest absolute Gasteiger partial charge is 0.352 e. The predicted octanol–water partition coefficient (Wildman–Crippen LogP) is 3.70. The summed E-state index contributed by atoms with van der Waals surface area (Å²) in [4.78, 5) is 14.8. The van der Waals surface area contributed by atoms with E-state index in [9.17, 15) is 4.79 Å². The van der Waals surface area contributed by atoms with Crippen LogP contribution in [0, 0.1) is 0 Å². The van der Waals surface area contributed by atoms with E-state index < -0.39 is 0 Å². The second kappa shape index (κ2) is 9.03. The van der Waals surface area contributed by atoms with Crippen LogP contribution in [0.25, 0.3) is 0 Å². The second-order valence-corrected chi connectivity index (χ2v) is 7.23. The molecule has 3 rings (SSSR count). The maximum Gasteiger partial charge on any atom is 0.224 e. The third-order valence-corrected chi connectivity index (χ3v) is 5.20. The number of piperidine rings is 1. The quantitative estimate of drug-likeness (QED) is 0.809. The molecule has 1 aliphatic carbocycles. The molecule has 2 aliphatic rings. The summed E-state index contributed by atoms with van der Waals surface area (Å²) in [6.07, 6.45) is 11.1. The molecular weight excluding hydrogens is 296 g/mol. The van der Waals surface area contributed by atoms with Crippen LogP contribution >= 0.6 is 0 Å². The van der Waals surface area contributed by atoms with Crippen molar-refractivity contribution in [2.75, 3.05) is 19.6 Å². The number of carbonyl (C=O) groups is 1. The van der Waals surface area contributed by atoms with Gasteiger partial charge in [0.2, 0.25) is 5.91 Å². The summed E-state index contributed by atoms with van der Waals surface area (Å²) < 4.78 is 0. The van der Waals surface area contributed by atoms with Crippen LogP contribution in [-0.2, 0) is 11.2 Å². The number of allylic oxidation sites excluding steroid dienone is 1. The fraction of sp³-hybridized carbons (Fsp3) is 0.571. The third kappa shape index (κ3) is 5.48. The van der Waals surface area contributed by atoms with E-state index in [1.165, 1.54) is 30.4 Å². The zero-order chi connectivity index (χ0) is 16.6. The van der Waals surface area contributed by atoms with Crippen molar-refractivity contribution in [3.63, 3.8) is 0 Å². The monoisotopic (exact) mass is 326 g/mol. The highest BCUT2D eigenvalue weighted by Crippen LogP contribution is 2.20. The molecule has 0 bridgehead atoms. The van der Waals surface area contributed by atoms with Gasteiger partial charge in [0.15, 0.2) is 0 Å². The summed E-state index contributed by atoms with van der Waals surface area (Å²) in [6, 6.07) is 11.0. The molecule has 1 aromatic carbocycles. The molecule has 0 radical (unpaired) electrons. The molecule has 0 saturated carbocycles. The highest BCUT2D eigenvalue weighted by atomic mass is 16.1. The lowest BCUT2D eigenvalue weighted by atomic mass is 9.96. The lowest BCUT2D eigenvalue weighted by molar-refractivity contribution is -0.121. The summed E-state index contributed by atoms with van der Waals surface area (Å²) in [7, 11) is 0. The smallest absolute Gasteiger partial charge is 0.224 e. The lowest BCUT2D eigenvalue weighted by Crippen LogP contribution is -2.48. The number of rotatable bonds is 6. The molecule has 1 aromatic rings. The van der Waals surface area contributed by atoms with Gasteiger partial charge in [-0.1, -0.05) is 42.0 Å². The number of hydrogen-bond donors (Lipinski definition) is 1. The van der Waals surface area contributed by atoms with Gasteiger partial charge in [0, 0.05) is 25.6 Å².